The van der Waals surface area contributed by atoms with Crippen molar-refractivity contribution >= 4 is 5.57 Å². The Labute approximate surface area is 115 Å². The Morgan fingerprint density at radius 3 is 2.58 bits per heavy atom. The molecule has 19 heavy (non-hydrogen) atoms. The summed E-state index contributed by atoms with van der Waals surface area (Å²) in [6.45, 7) is 8.13. The highest BCUT2D eigenvalue weighted by Gasteiger charge is 2.17. The van der Waals surface area contributed by atoms with Crippen LogP contribution in [0.15, 0.2) is 48.5 Å². The van der Waals surface area contributed by atoms with Crippen molar-refractivity contribution < 1.29 is 0 Å². The van der Waals surface area contributed by atoms with E-state index in [-0.39, 0.29) is 0 Å². The highest BCUT2D eigenvalue weighted by molar-refractivity contribution is 5.84. The zero-order valence-electron chi connectivity index (χ0n) is 11.3. The average molecular weight is 246 g/mol. The van der Waals surface area contributed by atoms with Crippen LogP contribution in [-0.2, 0) is 12.8 Å². The van der Waals surface area contributed by atoms with Crippen molar-refractivity contribution in [1.29, 1.82) is 0 Å². The number of rotatable bonds is 1. The number of aryl methyl sites for hydroxylation is 2. The molecular weight excluding hydrogens is 228 g/mol. The normalized spacial score (nSPS) is 15.8. The lowest BCUT2D eigenvalue weighted by Crippen LogP contribution is -1.93. The summed E-state index contributed by atoms with van der Waals surface area (Å²) in [6.07, 6.45) is 5.54. The number of benzene rings is 2. The summed E-state index contributed by atoms with van der Waals surface area (Å²) in [6, 6.07) is 15.1. The van der Waals surface area contributed by atoms with Crippen molar-refractivity contribution in [1.82, 2.24) is 0 Å². The first-order valence-electron chi connectivity index (χ1n) is 6.97. The van der Waals surface area contributed by atoms with Gasteiger partial charge in [-0.2, -0.15) is 0 Å². The van der Waals surface area contributed by atoms with E-state index >= 15 is 0 Å². The molecule has 1 aliphatic rings. The summed E-state index contributed by atoms with van der Waals surface area (Å²) in [5.74, 6) is 0. The molecule has 0 atom stereocenters. The molecule has 2 aromatic rings. The fourth-order valence-electron chi connectivity index (χ4n) is 2.92. The van der Waals surface area contributed by atoms with Gasteiger partial charge in [-0.15, -0.1) is 0 Å². The van der Waals surface area contributed by atoms with Crippen LogP contribution in [0.3, 0.4) is 0 Å². The topological polar surface area (TPSA) is 0 Å². The van der Waals surface area contributed by atoms with Crippen LogP contribution >= 0.6 is 0 Å². The van der Waals surface area contributed by atoms with Gasteiger partial charge in [0.05, 0.1) is 0 Å². The molecule has 0 amide bonds. The monoisotopic (exact) mass is 246 g/mol. The number of hydrogen-bond donors (Lipinski definition) is 0. The third-order valence-electron chi connectivity index (χ3n) is 3.80. The van der Waals surface area contributed by atoms with Gasteiger partial charge in [-0.25, -0.2) is 0 Å². The van der Waals surface area contributed by atoms with E-state index in [9.17, 15) is 0 Å². The van der Waals surface area contributed by atoms with E-state index in [1.165, 1.54) is 27.8 Å². The van der Waals surface area contributed by atoms with E-state index in [0.29, 0.717) is 0 Å². The number of hydrogen-bond acceptors (Lipinski definition) is 0. The van der Waals surface area contributed by atoms with Crippen LogP contribution in [-0.4, -0.2) is 0 Å². The van der Waals surface area contributed by atoms with Crippen LogP contribution in [0.1, 0.15) is 41.2 Å². The van der Waals surface area contributed by atoms with Gasteiger partial charge in [-0.1, -0.05) is 55.5 Å². The van der Waals surface area contributed by atoms with Gasteiger partial charge >= 0.3 is 0 Å². The molecule has 0 bridgehead atoms. The minimum absolute atomic E-state index is 0.862. The zero-order valence-corrected chi connectivity index (χ0v) is 11.3. The molecule has 1 aliphatic carbocycles. The molecule has 0 fully saturated rings. The maximum atomic E-state index is 5.94. The predicted octanol–water partition coefficient (Wildman–Crippen LogP) is 4.69. The van der Waals surface area contributed by atoms with Crippen LogP contribution < -0.4 is 0 Å². The quantitative estimate of drug-likeness (QED) is 0.685. The van der Waals surface area contributed by atoms with E-state index in [2.05, 4.69) is 49.4 Å². The van der Waals surface area contributed by atoms with Crippen LogP contribution in [0.4, 0.5) is 0 Å². The maximum absolute atomic E-state index is 5.94. The summed E-state index contributed by atoms with van der Waals surface area (Å²) >= 11 is 0. The molecule has 0 heteroatoms. The third-order valence-corrected chi connectivity index (χ3v) is 3.80. The molecule has 0 unspecified atom stereocenters. The molecule has 0 N–H and O–H groups in total. The van der Waals surface area contributed by atoms with Gasteiger partial charge in [0.25, 0.3) is 0 Å². The molecule has 2 radical (unpaired) electrons. The second-order valence-corrected chi connectivity index (χ2v) is 5.10. The summed E-state index contributed by atoms with van der Waals surface area (Å²) in [7, 11) is 0. The Hall–Kier alpha value is -1.82. The fourth-order valence-corrected chi connectivity index (χ4v) is 2.92. The molecule has 0 saturated heterocycles. The highest BCUT2D eigenvalue weighted by Crippen LogP contribution is 2.34. The Bertz CT molecular complexity index is 632. The third kappa shape index (κ3) is 2.23. The van der Waals surface area contributed by atoms with Gasteiger partial charge in [0, 0.05) is 0 Å². The van der Waals surface area contributed by atoms with Crippen molar-refractivity contribution in [3.8, 4) is 0 Å². The lowest BCUT2D eigenvalue weighted by Gasteiger charge is -2.12. The van der Waals surface area contributed by atoms with Crippen LogP contribution in [0, 0.1) is 6.92 Å². The molecule has 0 spiro atoms. The van der Waals surface area contributed by atoms with E-state index in [1.54, 1.807) is 0 Å². The fraction of sp³-hybridized carbons (Fsp3) is 0.211. The van der Waals surface area contributed by atoms with Gasteiger partial charge in [0.1, 0.15) is 0 Å². The molecule has 0 aliphatic heterocycles. The van der Waals surface area contributed by atoms with Gasteiger partial charge < -0.3 is 0 Å². The Balaban J connectivity index is 2.24. The van der Waals surface area contributed by atoms with Crippen molar-refractivity contribution in [3.63, 3.8) is 0 Å². The molecule has 0 saturated carbocycles. The van der Waals surface area contributed by atoms with Crippen LogP contribution in [0.25, 0.3) is 5.57 Å². The highest BCUT2D eigenvalue weighted by atomic mass is 14.2. The van der Waals surface area contributed by atoms with Crippen molar-refractivity contribution in [3.05, 3.63) is 83.3 Å². The summed E-state index contributed by atoms with van der Waals surface area (Å²) in [5.41, 5.74) is 7.77. The largest absolute Gasteiger partial charge is 0.0763 e. The Morgan fingerprint density at radius 2 is 1.74 bits per heavy atom. The van der Waals surface area contributed by atoms with Gasteiger partial charge in [-0.3, -0.25) is 0 Å². The first-order chi connectivity index (χ1) is 9.29. The lowest BCUT2D eigenvalue weighted by molar-refractivity contribution is 0.964. The minimum atomic E-state index is 0.862. The first kappa shape index (κ1) is 12.2. The van der Waals surface area contributed by atoms with Crippen molar-refractivity contribution in [2.45, 2.75) is 26.2 Å². The smallest absolute Gasteiger partial charge is 0.00119 e. The summed E-state index contributed by atoms with van der Waals surface area (Å²) in [4.78, 5) is 0. The molecule has 2 aromatic carbocycles. The van der Waals surface area contributed by atoms with E-state index in [4.69, 9.17) is 6.92 Å². The van der Waals surface area contributed by atoms with Gasteiger partial charge in [0.15, 0.2) is 0 Å². The number of fused-ring (bicyclic) bond motifs is 2. The molecule has 0 aromatic heterocycles. The standard InChI is InChI=1S/C19H18/c1-3-6-19-17-8-5-4-7-15(17)10-11-16-13-14(2)9-12-18(16)19/h2,4-9,12-13H,3,10-11H2,1H3/b19-6+. The second kappa shape index (κ2) is 5.05. The number of allylic oxidation sites excluding steroid dienone is 1. The van der Waals surface area contributed by atoms with Crippen molar-refractivity contribution in [2.24, 2.45) is 0 Å². The molecule has 0 nitrogen and oxygen atoms in total. The van der Waals surface area contributed by atoms with E-state index in [0.717, 1.165) is 24.8 Å². The van der Waals surface area contributed by atoms with Crippen LogP contribution in [0.2, 0.25) is 0 Å². The van der Waals surface area contributed by atoms with E-state index in [1.807, 2.05) is 6.07 Å². The first-order valence-corrected chi connectivity index (χ1v) is 6.97. The van der Waals surface area contributed by atoms with Gasteiger partial charge in [0.2, 0.25) is 0 Å². The Morgan fingerprint density at radius 1 is 1.00 bits per heavy atom. The molecular formula is C19H18. The average Bonchev–Trinajstić information content (AvgIpc) is 2.57. The van der Waals surface area contributed by atoms with Crippen LogP contribution in [0.5, 0.6) is 0 Å². The van der Waals surface area contributed by atoms with Gasteiger partial charge in [-0.05, 0) is 59.6 Å². The SMILES string of the molecule is [CH]c1ccc2c(c1)CCc1ccccc1/C2=C\CC. The predicted molar refractivity (Wildman–Crippen MR) is 81.1 cm³/mol. The zero-order chi connectivity index (χ0) is 13.2. The summed E-state index contributed by atoms with van der Waals surface area (Å²) in [5, 5.41) is 0. The maximum Gasteiger partial charge on any atom is -0.00119 e. The molecule has 94 valence electrons. The summed E-state index contributed by atoms with van der Waals surface area (Å²) < 4.78 is 0. The lowest BCUT2D eigenvalue weighted by atomic mass is 9.92. The molecule has 3 rings (SSSR count). The second-order valence-electron chi connectivity index (χ2n) is 5.10. The Kier molecular flexibility index (Phi) is 3.25. The minimum Gasteiger partial charge on any atom is -0.0763 e. The van der Waals surface area contributed by atoms with Crippen molar-refractivity contribution in [2.75, 3.05) is 0 Å². The molecule has 0 heterocycles. The van der Waals surface area contributed by atoms with E-state index < -0.39 is 0 Å².